The zero-order valence-electron chi connectivity index (χ0n) is 16.9. The molecule has 2 atom stereocenters. The van der Waals surface area contributed by atoms with Gasteiger partial charge in [-0.1, -0.05) is 18.2 Å². The van der Waals surface area contributed by atoms with Gasteiger partial charge >= 0.3 is 5.97 Å². The lowest BCUT2D eigenvalue weighted by Crippen LogP contribution is -2.43. The summed E-state index contributed by atoms with van der Waals surface area (Å²) in [5.74, 6) is 0.808. The highest BCUT2D eigenvalue weighted by Gasteiger charge is 2.39. The molecule has 0 saturated carbocycles. The number of carbonyl (C=O) groups is 2. The highest BCUT2D eigenvalue weighted by atomic mass is 16.5. The van der Waals surface area contributed by atoms with Gasteiger partial charge in [0.25, 0.3) is 5.91 Å². The highest BCUT2D eigenvalue weighted by molar-refractivity contribution is 5.89. The Labute approximate surface area is 170 Å². The summed E-state index contributed by atoms with van der Waals surface area (Å²) < 4.78 is 16.2. The number of hydrogen-bond acceptors (Lipinski definition) is 6. The second kappa shape index (κ2) is 9.43. The quantitative estimate of drug-likeness (QED) is 0.542. The van der Waals surface area contributed by atoms with Crippen molar-refractivity contribution in [3.05, 3.63) is 59.7 Å². The molecule has 0 saturated heterocycles. The third-order valence-corrected chi connectivity index (χ3v) is 4.70. The number of amides is 1. The first kappa shape index (κ1) is 20.7. The number of ether oxygens (including phenoxy) is 3. The van der Waals surface area contributed by atoms with Crippen molar-refractivity contribution in [3.8, 4) is 11.5 Å². The van der Waals surface area contributed by atoms with Crippen molar-refractivity contribution in [1.82, 2.24) is 10.2 Å². The lowest BCUT2D eigenvalue weighted by atomic mass is 9.94. The van der Waals surface area contributed by atoms with Crippen LogP contribution >= 0.6 is 0 Å². The molecule has 7 nitrogen and oxygen atoms in total. The fourth-order valence-corrected chi connectivity index (χ4v) is 3.35. The molecule has 1 N–H and O–H groups in total. The third kappa shape index (κ3) is 5.06. The number of nitrogens with zero attached hydrogens (tertiary/aromatic N) is 1. The molecule has 29 heavy (non-hydrogen) atoms. The van der Waals surface area contributed by atoms with Crippen LogP contribution in [0.5, 0.6) is 11.5 Å². The van der Waals surface area contributed by atoms with Crippen LogP contribution in [-0.2, 0) is 9.53 Å². The summed E-state index contributed by atoms with van der Waals surface area (Å²) in [6, 6.07) is 14.4. The van der Waals surface area contributed by atoms with Crippen LogP contribution in [0.1, 0.15) is 21.8 Å². The maximum atomic E-state index is 12.7. The molecule has 0 bridgehead atoms. The number of carbonyl (C=O) groups excluding carboxylic acids is 2. The molecule has 0 aromatic heterocycles. The van der Waals surface area contributed by atoms with Gasteiger partial charge in [-0.25, -0.2) is 4.79 Å². The Balaban J connectivity index is 1.51. The van der Waals surface area contributed by atoms with Crippen LogP contribution in [0.15, 0.2) is 48.5 Å². The average Bonchev–Trinajstić information content (AvgIpc) is 3.09. The number of fused-ring (bicyclic) bond motifs is 1. The Morgan fingerprint density at radius 3 is 2.52 bits per heavy atom. The highest BCUT2D eigenvalue weighted by Crippen LogP contribution is 2.38. The molecule has 2 unspecified atom stereocenters. The molecule has 0 aliphatic carbocycles. The molecule has 7 heteroatoms. The predicted molar refractivity (Wildman–Crippen MR) is 108 cm³/mol. The van der Waals surface area contributed by atoms with Crippen molar-refractivity contribution >= 4 is 11.9 Å². The van der Waals surface area contributed by atoms with E-state index in [0.717, 1.165) is 17.9 Å². The molecule has 1 aliphatic heterocycles. The van der Waals surface area contributed by atoms with Crippen molar-refractivity contribution in [2.75, 3.05) is 40.9 Å². The summed E-state index contributed by atoms with van der Waals surface area (Å²) >= 11 is 0. The summed E-state index contributed by atoms with van der Waals surface area (Å²) in [5, 5.41) is 2.89. The number of hydrogen-bond donors (Lipinski definition) is 1. The molecule has 0 fully saturated rings. The number of para-hydroxylation sites is 1. The minimum absolute atomic E-state index is 0.0204. The predicted octanol–water partition coefficient (Wildman–Crippen LogP) is 2.07. The number of benzene rings is 2. The van der Waals surface area contributed by atoms with Crippen LogP contribution in [0.25, 0.3) is 0 Å². The van der Waals surface area contributed by atoms with Gasteiger partial charge in [-0.3, -0.25) is 4.79 Å². The average molecular weight is 398 g/mol. The van der Waals surface area contributed by atoms with E-state index in [4.69, 9.17) is 9.47 Å². The largest absolute Gasteiger partial charge is 0.492 e. The van der Waals surface area contributed by atoms with Gasteiger partial charge in [0.05, 0.1) is 19.2 Å². The first-order valence-electron chi connectivity index (χ1n) is 9.49. The monoisotopic (exact) mass is 398 g/mol. The van der Waals surface area contributed by atoms with Gasteiger partial charge in [0.2, 0.25) is 0 Å². The van der Waals surface area contributed by atoms with Crippen molar-refractivity contribution in [2.24, 2.45) is 0 Å². The van der Waals surface area contributed by atoms with Crippen LogP contribution in [0.4, 0.5) is 0 Å². The van der Waals surface area contributed by atoms with Gasteiger partial charge in [-0.15, -0.1) is 0 Å². The molecule has 1 heterocycles. The Morgan fingerprint density at radius 1 is 1.10 bits per heavy atom. The van der Waals surface area contributed by atoms with Crippen LogP contribution in [-0.4, -0.2) is 63.8 Å². The Bertz CT molecular complexity index is 851. The molecule has 154 valence electrons. The number of nitrogens with one attached hydrogen (secondary N) is 1. The molecular formula is C22H26N2O5. The fraction of sp³-hybridized carbons (Fsp3) is 0.364. The summed E-state index contributed by atoms with van der Waals surface area (Å²) in [7, 11) is 5.30. The minimum Gasteiger partial charge on any atom is -0.492 e. The molecular weight excluding hydrogens is 372 g/mol. The molecule has 3 rings (SSSR count). The Kier molecular flexibility index (Phi) is 6.72. The Morgan fingerprint density at radius 2 is 1.83 bits per heavy atom. The van der Waals surface area contributed by atoms with Crippen molar-refractivity contribution in [1.29, 1.82) is 0 Å². The minimum atomic E-state index is -0.561. The van der Waals surface area contributed by atoms with E-state index in [1.807, 2.05) is 38.4 Å². The van der Waals surface area contributed by atoms with Gasteiger partial charge in [-0.05, 0) is 44.4 Å². The SMILES string of the molecule is COC(=O)c1ccc(OCCNC(=O)C2Oc3ccccc3C2CN(C)C)cc1. The standard InChI is InChI=1S/C22H26N2O5/c1-24(2)14-18-17-6-4-5-7-19(17)29-20(18)21(25)23-12-13-28-16-10-8-15(9-11-16)22(26)27-3/h4-11,18,20H,12-14H2,1-3H3,(H,23,25). The molecule has 1 aliphatic rings. The number of methoxy groups -OCH3 is 1. The van der Waals surface area contributed by atoms with E-state index >= 15 is 0 Å². The van der Waals surface area contributed by atoms with Gasteiger partial charge in [-0.2, -0.15) is 0 Å². The zero-order chi connectivity index (χ0) is 20.8. The van der Waals surface area contributed by atoms with Gasteiger partial charge in [0.15, 0.2) is 6.10 Å². The van der Waals surface area contributed by atoms with Crippen molar-refractivity contribution in [2.45, 2.75) is 12.0 Å². The summed E-state index contributed by atoms with van der Waals surface area (Å²) in [6.45, 7) is 1.38. The molecule has 2 aromatic carbocycles. The van der Waals surface area contributed by atoms with E-state index in [-0.39, 0.29) is 11.8 Å². The second-order valence-corrected chi connectivity index (χ2v) is 7.10. The number of esters is 1. The number of likely N-dealkylation sites (N-methyl/N-ethyl adjacent to an activating group) is 1. The second-order valence-electron chi connectivity index (χ2n) is 7.10. The maximum Gasteiger partial charge on any atom is 0.337 e. The molecule has 2 aromatic rings. The number of rotatable bonds is 8. The van der Waals surface area contributed by atoms with Crippen molar-refractivity contribution in [3.63, 3.8) is 0 Å². The maximum absolute atomic E-state index is 12.7. The van der Waals surface area contributed by atoms with Gasteiger partial charge in [0, 0.05) is 18.0 Å². The van der Waals surface area contributed by atoms with E-state index in [2.05, 4.69) is 15.0 Å². The normalized spacial score (nSPS) is 17.4. The van der Waals surface area contributed by atoms with E-state index in [0.29, 0.717) is 24.5 Å². The lowest BCUT2D eigenvalue weighted by molar-refractivity contribution is -0.128. The first-order chi connectivity index (χ1) is 14.0. The summed E-state index contributed by atoms with van der Waals surface area (Å²) in [6.07, 6.45) is -0.561. The van der Waals surface area contributed by atoms with Crippen LogP contribution in [0.3, 0.4) is 0 Å². The molecule has 0 radical (unpaired) electrons. The first-order valence-corrected chi connectivity index (χ1v) is 9.49. The van der Waals surface area contributed by atoms with Gasteiger partial charge in [0.1, 0.15) is 18.1 Å². The van der Waals surface area contributed by atoms with E-state index in [9.17, 15) is 9.59 Å². The van der Waals surface area contributed by atoms with Crippen LogP contribution in [0, 0.1) is 0 Å². The topological polar surface area (TPSA) is 77.1 Å². The van der Waals surface area contributed by atoms with E-state index in [1.54, 1.807) is 24.3 Å². The van der Waals surface area contributed by atoms with Crippen molar-refractivity contribution < 1.29 is 23.8 Å². The summed E-state index contributed by atoms with van der Waals surface area (Å²) in [4.78, 5) is 26.2. The zero-order valence-corrected chi connectivity index (χ0v) is 16.9. The van der Waals surface area contributed by atoms with Crippen LogP contribution in [0.2, 0.25) is 0 Å². The lowest BCUT2D eigenvalue weighted by Gasteiger charge is -2.21. The van der Waals surface area contributed by atoms with E-state index in [1.165, 1.54) is 7.11 Å². The smallest absolute Gasteiger partial charge is 0.337 e. The van der Waals surface area contributed by atoms with E-state index < -0.39 is 12.1 Å². The summed E-state index contributed by atoms with van der Waals surface area (Å²) in [5.41, 5.74) is 1.52. The van der Waals surface area contributed by atoms with Crippen LogP contribution < -0.4 is 14.8 Å². The fourth-order valence-electron chi connectivity index (χ4n) is 3.35. The van der Waals surface area contributed by atoms with Gasteiger partial charge < -0.3 is 24.4 Å². The Hall–Kier alpha value is -3.06. The third-order valence-electron chi connectivity index (χ3n) is 4.70. The molecule has 0 spiro atoms. The molecule has 1 amide bonds.